The van der Waals surface area contributed by atoms with Gasteiger partial charge in [-0.1, -0.05) is 18.2 Å². The van der Waals surface area contributed by atoms with Crippen LogP contribution in [0.5, 0.6) is 0 Å². The Morgan fingerprint density at radius 3 is 2.50 bits per heavy atom. The Morgan fingerprint density at radius 2 is 1.86 bits per heavy atom. The minimum absolute atomic E-state index is 0.214. The molecule has 0 radical (unpaired) electrons. The molecule has 0 aliphatic carbocycles. The summed E-state index contributed by atoms with van der Waals surface area (Å²) < 4.78 is 5.20. The van der Waals surface area contributed by atoms with Gasteiger partial charge in [-0.25, -0.2) is 4.79 Å². The zero-order valence-corrected chi connectivity index (χ0v) is 12.0. The van der Waals surface area contributed by atoms with Crippen LogP contribution in [-0.2, 0) is 9.53 Å². The second-order valence-electron chi connectivity index (χ2n) is 5.14. The normalized spacial score (nSPS) is 14.1. The van der Waals surface area contributed by atoms with Crippen LogP contribution < -0.4 is 5.73 Å². The van der Waals surface area contributed by atoms with Gasteiger partial charge in [-0.2, -0.15) is 0 Å². The van der Waals surface area contributed by atoms with Gasteiger partial charge in [-0.05, 0) is 53.1 Å². The highest BCUT2D eigenvalue weighted by Crippen LogP contribution is 2.35. The van der Waals surface area contributed by atoms with E-state index in [1.807, 2.05) is 19.1 Å². The molecular weight excluding hydrogens is 280 g/mol. The molecule has 0 saturated heterocycles. The van der Waals surface area contributed by atoms with Crippen LogP contribution in [0, 0.1) is 11.8 Å². The third-order valence-electron chi connectivity index (χ3n) is 3.69. The van der Waals surface area contributed by atoms with Crippen LogP contribution in [0.4, 0.5) is 11.4 Å². The predicted octanol–water partition coefficient (Wildman–Crippen LogP) is 3.44. The second kappa shape index (κ2) is 5.44. The van der Waals surface area contributed by atoms with Crippen LogP contribution >= 0.6 is 0 Å². The largest absolute Gasteiger partial charge is 0.457 e. The first-order chi connectivity index (χ1) is 10.6. The number of nitrogens with two attached hydrogens (primary N) is 1. The molecule has 2 N–H and O–H groups in total. The second-order valence-corrected chi connectivity index (χ2v) is 5.14. The number of hydrogen-bond acceptors (Lipinski definition) is 5. The van der Waals surface area contributed by atoms with Gasteiger partial charge in [0.25, 0.3) is 0 Å². The molecule has 0 amide bonds. The SMILES string of the molecule is Cc1cc(N)ccc1C1=C(c2ccc(N=O)cc2)COC1=O. The average Bonchev–Trinajstić information content (AvgIpc) is 2.89. The first-order valence-electron chi connectivity index (χ1n) is 6.80. The Kier molecular flexibility index (Phi) is 3.47. The van der Waals surface area contributed by atoms with Gasteiger partial charge in [-0.3, -0.25) is 0 Å². The summed E-state index contributed by atoms with van der Waals surface area (Å²) in [5.41, 5.74) is 10.7. The lowest BCUT2D eigenvalue weighted by Gasteiger charge is -2.08. The van der Waals surface area contributed by atoms with E-state index < -0.39 is 0 Å². The summed E-state index contributed by atoms with van der Waals surface area (Å²) in [5, 5.41) is 2.88. The number of rotatable bonds is 3. The molecule has 0 saturated carbocycles. The van der Waals surface area contributed by atoms with E-state index in [9.17, 15) is 9.70 Å². The van der Waals surface area contributed by atoms with E-state index in [0.717, 1.165) is 22.3 Å². The van der Waals surface area contributed by atoms with Gasteiger partial charge >= 0.3 is 5.97 Å². The molecule has 5 heteroatoms. The van der Waals surface area contributed by atoms with Crippen LogP contribution in [0.25, 0.3) is 11.1 Å². The van der Waals surface area contributed by atoms with E-state index in [1.54, 1.807) is 30.3 Å². The highest BCUT2D eigenvalue weighted by molar-refractivity contribution is 6.27. The van der Waals surface area contributed by atoms with Gasteiger partial charge in [0.05, 0.1) is 5.57 Å². The smallest absolute Gasteiger partial charge is 0.339 e. The highest BCUT2D eigenvalue weighted by atomic mass is 16.5. The van der Waals surface area contributed by atoms with Gasteiger partial charge in [0, 0.05) is 11.3 Å². The van der Waals surface area contributed by atoms with Crippen molar-refractivity contribution in [1.82, 2.24) is 0 Å². The summed E-state index contributed by atoms with van der Waals surface area (Å²) in [7, 11) is 0. The van der Waals surface area contributed by atoms with Crippen molar-refractivity contribution in [3.8, 4) is 0 Å². The monoisotopic (exact) mass is 294 g/mol. The van der Waals surface area contributed by atoms with Crippen LogP contribution in [0.15, 0.2) is 47.6 Å². The first kappa shape index (κ1) is 14.0. The summed E-state index contributed by atoms with van der Waals surface area (Å²) in [6.45, 7) is 2.12. The van der Waals surface area contributed by atoms with Crippen molar-refractivity contribution < 1.29 is 9.53 Å². The van der Waals surface area contributed by atoms with Crippen LogP contribution in [-0.4, -0.2) is 12.6 Å². The van der Waals surface area contributed by atoms with E-state index >= 15 is 0 Å². The number of benzene rings is 2. The molecule has 22 heavy (non-hydrogen) atoms. The maximum atomic E-state index is 12.1. The minimum Gasteiger partial charge on any atom is -0.457 e. The molecule has 1 aliphatic heterocycles. The topological polar surface area (TPSA) is 81.8 Å². The summed E-state index contributed by atoms with van der Waals surface area (Å²) >= 11 is 0. The Labute approximate surface area is 127 Å². The molecule has 0 fully saturated rings. The van der Waals surface area contributed by atoms with Crippen LogP contribution in [0.3, 0.4) is 0 Å². The van der Waals surface area contributed by atoms with E-state index in [-0.39, 0.29) is 12.6 Å². The molecule has 0 aromatic heterocycles. The summed E-state index contributed by atoms with van der Waals surface area (Å²) in [6.07, 6.45) is 0. The maximum absolute atomic E-state index is 12.1. The van der Waals surface area contributed by atoms with Crippen molar-refractivity contribution in [2.45, 2.75) is 6.92 Å². The summed E-state index contributed by atoms with van der Waals surface area (Å²) in [5.74, 6) is -0.347. The van der Waals surface area contributed by atoms with E-state index in [0.29, 0.717) is 16.9 Å². The molecule has 1 heterocycles. The molecule has 5 nitrogen and oxygen atoms in total. The third kappa shape index (κ3) is 2.37. The van der Waals surface area contributed by atoms with Crippen molar-refractivity contribution in [3.05, 3.63) is 64.1 Å². The van der Waals surface area contributed by atoms with Crippen molar-refractivity contribution in [3.63, 3.8) is 0 Å². The number of aryl methyl sites for hydroxylation is 1. The number of hydrogen-bond donors (Lipinski definition) is 1. The Bertz CT molecular complexity index is 792. The number of carbonyl (C=O) groups is 1. The number of nitrogens with zero attached hydrogens (tertiary/aromatic N) is 1. The lowest BCUT2D eigenvalue weighted by molar-refractivity contribution is -0.133. The number of esters is 1. The van der Waals surface area contributed by atoms with Gasteiger partial charge in [0.2, 0.25) is 0 Å². The quantitative estimate of drug-likeness (QED) is 0.534. The molecular formula is C17H14N2O3. The number of ether oxygens (including phenoxy) is 1. The van der Waals surface area contributed by atoms with Crippen molar-refractivity contribution in [2.24, 2.45) is 5.18 Å². The fourth-order valence-corrected chi connectivity index (χ4v) is 2.60. The molecule has 1 aliphatic rings. The number of carbonyl (C=O) groups excluding carboxylic acids is 1. The van der Waals surface area contributed by atoms with Crippen molar-refractivity contribution >= 4 is 28.5 Å². The lowest BCUT2D eigenvalue weighted by atomic mass is 9.93. The zero-order valence-electron chi connectivity index (χ0n) is 12.0. The third-order valence-corrected chi connectivity index (χ3v) is 3.69. The van der Waals surface area contributed by atoms with Gasteiger partial charge in [-0.15, -0.1) is 4.91 Å². The van der Waals surface area contributed by atoms with E-state index in [4.69, 9.17) is 10.5 Å². The van der Waals surface area contributed by atoms with E-state index in [2.05, 4.69) is 5.18 Å². The fraction of sp³-hybridized carbons (Fsp3) is 0.118. The number of nitroso groups, excluding NO2 is 1. The number of cyclic esters (lactones) is 1. The molecule has 2 aromatic carbocycles. The van der Waals surface area contributed by atoms with E-state index in [1.165, 1.54) is 0 Å². The first-order valence-corrected chi connectivity index (χ1v) is 6.80. The average molecular weight is 294 g/mol. The molecule has 0 bridgehead atoms. The minimum atomic E-state index is -0.347. The van der Waals surface area contributed by atoms with Crippen molar-refractivity contribution in [1.29, 1.82) is 0 Å². The van der Waals surface area contributed by atoms with Crippen LogP contribution in [0.1, 0.15) is 16.7 Å². The van der Waals surface area contributed by atoms with Crippen molar-refractivity contribution in [2.75, 3.05) is 12.3 Å². The van der Waals surface area contributed by atoms with Gasteiger partial charge < -0.3 is 10.5 Å². The summed E-state index contributed by atoms with van der Waals surface area (Å²) in [4.78, 5) is 22.6. The van der Waals surface area contributed by atoms with Crippen LogP contribution in [0.2, 0.25) is 0 Å². The maximum Gasteiger partial charge on any atom is 0.339 e. The molecule has 0 unspecified atom stereocenters. The Morgan fingerprint density at radius 1 is 1.14 bits per heavy atom. The highest BCUT2D eigenvalue weighted by Gasteiger charge is 2.28. The molecule has 0 spiro atoms. The molecule has 2 aromatic rings. The standard InChI is InChI=1S/C17H14N2O3/c1-10-8-12(18)4-7-14(10)16-15(9-22-17(16)20)11-2-5-13(19-21)6-3-11/h2-8H,9,18H2,1H3. The Balaban J connectivity index is 2.14. The van der Waals surface area contributed by atoms with Gasteiger partial charge in [0.15, 0.2) is 0 Å². The Hall–Kier alpha value is -2.95. The van der Waals surface area contributed by atoms with Gasteiger partial charge in [0.1, 0.15) is 12.3 Å². The summed E-state index contributed by atoms with van der Waals surface area (Å²) in [6, 6.07) is 12.2. The zero-order chi connectivity index (χ0) is 15.7. The number of anilines is 1. The molecule has 0 atom stereocenters. The predicted molar refractivity (Wildman–Crippen MR) is 85.3 cm³/mol. The molecule has 3 rings (SSSR count). The lowest BCUT2D eigenvalue weighted by Crippen LogP contribution is -2.01. The number of nitrogen functional groups attached to an aromatic ring is 1. The fourth-order valence-electron chi connectivity index (χ4n) is 2.60. The molecule has 110 valence electrons.